The van der Waals surface area contributed by atoms with Gasteiger partial charge in [0.1, 0.15) is 5.75 Å². The Hall–Kier alpha value is 0.830. The first-order chi connectivity index (χ1) is 12.0. The molecule has 0 aliphatic heterocycles. The Morgan fingerprint density at radius 1 is 0.808 bits per heavy atom. The van der Waals surface area contributed by atoms with Gasteiger partial charge in [-0.25, -0.2) is 0 Å². The molecule has 1 unspecified atom stereocenters. The summed E-state index contributed by atoms with van der Waals surface area (Å²) < 4.78 is 35.5. The van der Waals surface area contributed by atoms with E-state index in [0.717, 1.165) is 12.8 Å². The van der Waals surface area contributed by atoms with E-state index in [1.165, 1.54) is 77.0 Å². The molecule has 7 heteroatoms. The van der Waals surface area contributed by atoms with Crippen molar-refractivity contribution < 1.29 is 53.8 Å². The Labute approximate surface area is 185 Å². The minimum absolute atomic E-state index is 0. The molecule has 0 spiro atoms. The predicted molar refractivity (Wildman–Crippen MR) is 105 cm³/mol. The standard InChI is InChI=1S/C19H40O5S.Na.H/c1-2-3-4-5-6-7-8-9-10-11-12-13-14-15-16-24-19(17-20)18-25(21,22)23;;/h19-20H,2-18H2,1H3,(H,21,22,23);;/q;+1;-1. The van der Waals surface area contributed by atoms with Crippen molar-refractivity contribution in [1.29, 1.82) is 0 Å². The molecule has 0 fully saturated rings. The maximum absolute atomic E-state index is 10.7. The fraction of sp³-hybridized carbons (Fsp3) is 1.00. The van der Waals surface area contributed by atoms with E-state index in [0.29, 0.717) is 6.61 Å². The van der Waals surface area contributed by atoms with E-state index in [-0.39, 0.29) is 31.0 Å². The minimum Gasteiger partial charge on any atom is -1.00 e. The van der Waals surface area contributed by atoms with Crippen molar-refractivity contribution in [3.63, 3.8) is 0 Å². The van der Waals surface area contributed by atoms with Crippen molar-refractivity contribution in [2.45, 2.75) is 103 Å². The van der Waals surface area contributed by atoms with Crippen LogP contribution in [0.3, 0.4) is 0 Å². The molecular weight excluding hydrogens is 363 g/mol. The summed E-state index contributed by atoms with van der Waals surface area (Å²) in [6, 6.07) is 0. The molecule has 0 rings (SSSR count). The number of hydrogen-bond donors (Lipinski definition) is 2. The van der Waals surface area contributed by atoms with E-state index in [1.54, 1.807) is 0 Å². The number of aliphatic hydroxyl groups excluding tert-OH is 1. The summed E-state index contributed by atoms with van der Waals surface area (Å²) in [7, 11) is -4.09. The van der Waals surface area contributed by atoms with Gasteiger partial charge < -0.3 is 11.3 Å². The maximum Gasteiger partial charge on any atom is 1.00 e. The normalized spacial score (nSPS) is 12.7. The molecule has 154 valence electrons. The van der Waals surface area contributed by atoms with Crippen molar-refractivity contribution in [3.05, 3.63) is 0 Å². The first-order valence-corrected chi connectivity index (χ1v) is 11.8. The first-order valence-electron chi connectivity index (χ1n) is 10.2. The second-order valence-corrected chi connectivity index (χ2v) is 8.52. The molecule has 0 saturated carbocycles. The third kappa shape index (κ3) is 22.9. The molecule has 0 saturated heterocycles. The second kappa shape index (κ2) is 20.6. The molecule has 0 aromatic heterocycles. The van der Waals surface area contributed by atoms with Crippen LogP contribution >= 0.6 is 0 Å². The quantitative estimate of drug-likeness (QED) is 0.195. The average Bonchev–Trinajstić information content (AvgIpc) is 2.56. The van der Waals surface area contributed by atoms with Crippen LogP contribution in [0.25, 0.3) is 0 Å². The SMILES string of the molecule is CCCCCCCCCCCCCCCCOC(CO)CS(=O)(=O)O.[H-].[Na+]. The Morgan fingerprint density at radius 3 is 1.54 bits per heavy atom. The van der Waals surface area contributed by atoms with Crippen molar-refractivity contribution in [1.82, 2.24) is 0 Å². The van der Waals surface area contributed by atoms with Gasteiger partial charge in [0, 0.05) is 6.61 Å². The maximum atomic E-state index is 10.7. The van der Waals surface area contributed by atoms with Crippen LogP contribution in [-0.2, 0) is 14.9 Å². The summed E-state index contributed by atoms with van der Waals surface area (Å²) in [6.07, 6.45) is 17.1. The molecule has 0 bridgehead atoms. The zero-order valence-corrected chi connectivity index (χ0v) is 19.9. The van der Waals surface area contributed by atoms with E-state index < -0.39 is 28.6 Å². The summed E-state index contributed by atoms with van der Waals surface area (Å²) in [5.41, 5.74) is 0. The summed E-state index contributed by atoms with van der Waals surface area (Å²) in [5.74, 6) is -0.540. The fourth-order valence-electron chi connectivity index (χ4n) is 2.94. The summed E-state index contributed by atoms with van der Waals surface area (Å²) >= 11 is 0. The molecular formula is C19H41NaO5S. The molecule has 0 aromatic rings. The van der Waals surface area contributed by atoms with Crippen molar-refractivity contribution in [2.75, 3.05) is 19.0 Å². The van der Waals surface area contributed by atoms with E-state index in [2.05, 4.69) is 6.92 Å². The molecule has 0 amide bonds. The van der Waals surface area contributed by atoms with Crippen molar-refractivity contribution >= 4 is 10.1 Å². The summed E-state index contributed by atoms with van der Waals surface area (Å²) in [5, 5.41) is 9.00. The van der Waals surface area contributed by atoms with Crippen LogP contribution in [0.15, 0.2) is 0 Å². The van der Waals surface area contributed by atoms with Crippen LogP contribution < -0.4 is 29.6 Å². The number of ether oxygens (including phenoxy) is 1. The van der Waals surface area contributed by atoms with Crippen LogP contribution in [0.4, 0.5) is 0 Å². The molecule has 26 heavy (non-hydrogen) atoms. The van der Waals surface area contributed by atoms with Gasteiger partial charge in [0.25, 0.3) is 10.1 Å². The molecule has 0 aliphatic rings. The largest absolute Gasteiger partial charge is 1.00 e. The molecule has 5 nitrogen and oxygen atoms in total. The molecule has 0 heterocycles. The molecule has 0 radical (unpaired) electrons. The van der Waals surface area contributed by atoms with Crippen molar-refractivity contribution in [3.8, 4) is 0 Å². The number of rotatable bonds is 19. The van der Waals surface area contributed by atoms with E-state index in [9.17, 15) is 8.42 Å². The number of hydrogen-bond acceptors (Lipinski definition) is 4. The molecule has 1 atom stereocenters. The monoisotopic (exact) mass is 404 g/mol. The van der Waals surface area contributed by atoms with Crippen LogP contribution in [-0.4, -0.2) is 43.1 Å². The topological polar surface area (TPSA) is 83.8 Å². The van der Waals surface area contributed by atoms with Gasteiger partial charge in [-0.2, -0.15) is 8.42 Å². The van der Waals surface area contributed by atoms with Gasteiger partial charge in [0.15, 0.2) is 0 Å². The Kier molecular flexibility index (Phi) is 23.0. The smallest absolute Gasteiger partial charge is 1.00 e. The fourth-order valence-corrected chi connectivity index (χ4v) is 3.61. The second-order valence-electron chi connectivity index (χ2n) is 7.02. The van der Waals surface area contributed by atoms with Gasteiger partial charge in [0.2, 0.25) is 0 Å². The predicted octanol–water partition coefficient (Wildman–Crippen LogP) is 1.85. The van der Waals surface area contributed by atoms with Crippen LogP contribution in [0.5, 0.6) is 0 Å². The zero-order valence-electron chi connectivity index (χ0n) is 18.1. The number of aliphatic hydroxyl groups is 1. The third-order valence-electron chi connectivity index (χ3n) is 4.45. The first kappa shape index (κ1) is 29.0. The van der Waals surface area contributed by atoms with Crippen molar-refractivity contribution in [2.24, 2.45) is 0 Å². The summed E-state index contributed by atoms with van der Waals surface area (Å²) in [4.78, 5) is 0. The van der Waals surface area contributed by atoms with Gasteiger partial charge in [0.05, 0.1) is 12.7 Å². The van der Waals surface area contributed by atoms with Crippen LogP contribution in [0.2, 0.25) is 0 Å². The molecule has 2 N–H and O–H groups in total. The van der Waals surface area contributed by atoms with E-state index >= 15 is 0 Å². The average molecular weight is 405 g/mol. The van der Waals surface area contributed by atoms with Gasteiger partial charge in [-0.3, -0.25) is 4.55 Å². The molecule has 0 aromatic carbocycles. The summed E-state index contributed by atoms with van der Waals surface area (Å²) in [6.45, 7) is 2.29. The minimum atomic E-state index is -4.09. The number of unbranched alkanes of at least 4 members (excludes halogenated alkanes) is 13. The van der Waals surface area contributed by atoms with Gasteiger partial charge >= 0.3 is 29.6 Å². The third-order valence-corrected chi connectivity index (χ3v) is 5.24. The van der Waals surface area contributed by atoms with E-state index in [4.69, 9.17) is 14.4 Å². The Bertz CT molecular complexity index is 382. The van der Waals surface area contributed by atoms with Gasteiger partial charge in [-0.15, -0.1) is 0 Å². The Morgan fingerprint density at radius 2 is 1.19 bits per heavy atom. The van der Waals surface area contributed by atoms with Gasteiger partial charge in [-0.1, -0.05) is 90.4 Å². The van der Waals surface area contributed by atoms with E-state index in [1.807, 2.05) is 0 Å². The van der Waals surface area contributed by atoms with Crippen LogP contribution in [0.1, 0.15) is 98.2 Å². The zero-order chi connectivity index (χ0) is 18.8. The Balaban J connectivity index is -0.00000288. The van der Waals surface area contributed by atoms with Crippen LogP contribution in [0, 0.1) is 0 Å². The van der Waals surface area contributed by atoms with Gasteiger partial charge in [-0.05, 0) is 6.42 Å². The molecule has 0 aliphatic carbocycles.